The molecule has 17 heavy (non-hydrogen) atoms. The van der Waals surface area contributed by atoms with Crippen LogP contribution in [0.1, 0.15) is 37.7 Å². The molecule has 1 fully saturated rings. The van der Waals surface area contributed by atoms with Gasteiger partial charge in [-0.3, -0.25) is 0 Å². The second-order valence-corrected chi connectivity index (χ2v) is 5.38. The van der Waals surface area contributed by atoms with Crippen molar-refractivity contribution < 1.29 is 4.39 Å². The highest BCUT2D eigenvalue weighted by atomic mass is 35.5. The van der Waals surface area contributed by atoms with Gasteiger partial charge in [-0.05, 0) is 31.5 Å². The lowest BCUT2D eigenvalue weighted by molar-refractivity contribution is 0.277. The molecule has 0 amide bonds. The molecule has 94 valence electrons. The van der Waals surface area contributed by atoms with E-state index in [1.54, 1.807) is 6.07 Å². The minimum absolute atomic E-state index is 0.0675. The lowest BCUT2D eigenvalue weighted by Gasteiger charge is -2.38. The summed E-state index contributed by atoms with van der Waals surface area (Å²) in [7, 11) is 1.93. The fourth-order valence-corrected chi connectivity index (χ4v) is 3.20. The first-order valence-electron chi connectivity index (χ1n) is 6.29. The summed E-state index contributed by atoms with van der Waals surface area (Å²) in [5.74, 6) is -0.230. The predicted octanol–water partition coefficient (Wildman–Crippen LogP) is 3.90. The summed E-state index contributed by atoms with van der Waals surface area (Å²) >= 11 is 5.90. The van der Waals surface area contributed by atoms with Crippen LogP contribution in [-0.2, 0) is 5.41 Å². The van der Waals surface area contributed by atoms with E-state index in [1.165, 1.54) is 19.3 Å². The van der Waals surface area contributed by atoms with Gasteiger partial charge in [0.05, 0.1) is 5.02 Å². The van der Waals surface area contributed by atoms with E-state index in [4.69, 9.17) is 11.6 Å². The zero-order valence-corrected chi connectivity index (χ0v) is 11.0. The molecule has 3 heteroatoms. The summed E-state index contributed by atoms with van der Waals surface area (Å²) < 4.78 is 14.2. The van der Waals surface area contributed by atoms with Crippen molar-refractivity contribution in [3.63, 3.8) is 0 Å². The third kappa shape index (κ3) is 2.48. The third-order valence-corrected chi connectivity index (χ3v) is 4.14. The highest BCUT2D eigenvalue weighted by Gasteiger charge is 2.35. The Balaban J connectivity index is 2.41. The van der Waals surface area contributed by atoms with Crippen LogP contribution >= 0.6 is 11.6 Å². The van der Waals surface area contributed by atoms with E-state index in [2.05, 4.69) is 5.32 Å². The second-order valence-electron chi connectivity index (χ2n) is 4.97. The molecule has 0 aliphatic heterocycles. The van der Waals surface area contributed by atoms with E-state index in [9.17, 15) is 4.39 Å². The summed E-state index contributed by atoms with van der Waals surface area (Å²) in [5.41, 5.74) is 0.723. The molecule has 0 atom stereocenters. The maximum atomic E-state index is 14.2. The summed E-state index contributed by atoms with van der Waals surface area (Å²) in [6, 6.07) is 5.37. The van der Waals surface area contributed by atoms with Crippen molar-refractivity contribution in [3.8, 4) is 0 Å². The topological polar surface area (TPSA) is 12.0 Å². The fourth-order valence-electron chi connectivity index (χ4n) is 3.02. The van der Waals surface area contributed by atoms with E-state index in [0.29, 0.717) is 0 Å². The Morgan fingerprint density at radius 1 is 1.29 bits per heavy atom. The molecule has 0 radical (unpaired) electrons. The Morgan fingerprint density at radius 3 is 2.65 bits per heavy atom. The van der Waals surface area contributed by atoms with Gasteiger partial charge in [0.15, 0.2) is 0 Å². The van der Waals surface area contributed by atoms with Gasteiger partial charge in [0.2, 0.25) is 0 Å². The zero-order chi connectivity index (χ0) is 12.3. The Morgan fingerprint density at radius 2 is 2.00 bits per heavy atom. The molecule has 1 aromatic carbocycles. The van der Waals surface area contributed by atoms with Gasteiger partial charge >= 0.3 is 0 Å². The van der Waals surface area contributed by atoms with E-state index in [-0.39, 0.29) is 16.3 Å². The number of likely N-dealkylation sites (N-methyl/N-ethyl adjacent to an activating group) is 1. The van der Waals surface area contributed by atoms with Crippen LogP contribution in [-0.4, -0.2) is 13.6 Å². The molecule has 1 N–H and O–H groups in total. The second kappa shape index (κ2) is 5.36. The maximum absolute atomic E-state index is 14.2. The van der Waals surface area contributed by atoms with E-state index >= 15 is 0 Å². The van der Waals surface area contributed by atoms with Gasteiger partial charge in [0.25, 0.3) is 0 Å². The summed E-state index contributed by atoms with van der Waals surface area (Å²) in [6.07, 6.45) is 5.70. The zero-order valence-electron chi connectivity index (χ0n) is 10.2. The molecule has 0 spiro atoms. The van der Waals surface area contributed by atoms with E-state index < -0.39 is 0 Å². The first kappa shape index (κ1) is 12.8. The lowest BCUT2D eigenvalue weighted by Crippen LogP contribution is -2.39. The van der Waals surface area contributed by atoms with Gasteiger partial charge in [0.1, 0.15) is 5.82 Å². The van der Waals surface area contributed by atoms with Crippen molar-refractivity contribution >= 4 is 11.6 Å². The molecule has 0 saturated heterocycles. The van der Waals surface area contributed by atoms with Crippen LogP contribution in [0.25, 0.3) is 0 Å². The third-order valence-electron chi connectivity index (χ3n) is 3.85. The molecule has 2 rings (SSSR count). The minimum atomic E-state index is -0.230. The Bertz CT molecular complexity index is 380. The van der Waals surface area contributed by atoms with Gasteiger partial charge in [-0.25, -0.2) is 4.39 Å². The molecule has 0 unspecified atom stereocenters. The van der Waals surface area contributed by atoms with Gasteiger partial charge < -0.3 is 5.32 Å². The lowest BCUT2D eigenvalue weighted by atomic mass is 9.69. The standard InChI is InChI=1S/C14H19ClFN/c1-17-10-14(8-3-2-4-9-14)11-6-5-7-12(15)13(11)16/h5-7,17H,2-4,8-10H2,1H3. The van der Waals surface area contributed by atoms with Crippen molar-refractivity contribution in [2.24, 2.45) is 0 Å². The Kier molecular flexibility index (Phi) is 4.05. The number of hydrogen-bond acceptors (Lipinski definition) is 1. The SMILES string of the molecule is CNCC1(c2cccc(Cl)c2F)CCCCC1. The number of benzene rings is 1. The summed E-state index contributed by atoms with van der Waals surface area (Å²) in [6.45, 7) is 0.824. The molecule has 0 aromatic heterocycles. The minimum Gasteiger partial charge on any atom is -0.319 e. The van der Waals surface area contributed by atoms with E-state index in [1.807, 2.05) is 19.2 Å². The molecular formula is C14H19ClFN. The van der Waals surface area contributed by atoms with Gasteiger partial charge in [-0.1, -0.05) is 43.0 Å². The average Bonchev–Trinajstić information content (AvgIpc) is 2.34. The van der Waals surface area contributed by atoms with Crippen molar-refractivity contribution in [2.75, 3.05) is 13.6 Å². The largest absolute Gasteiger partial charge is 0.319 e. The molecule has 1 aromatic rings. The molecular weight excluding hydrogens is 237 g/mol. The van der Waals surface area contributed by atoms with Crippen LogP contribution in [0.2, 0.25) is 5.02 Å². The highest BCUT2D eigenvalue weighted by molar-refractivity contribution is 6.30. The first-order chi connectivity index (χ1) is 8.19. The van der Waals surface area contributed by atoms with Crippen molar-refractivity contribution in [1.29, 1.82) is 0 Å². The van der Waals surface area contributed by atoms with Gasteiger partial charge in [0, 0.05) is 12.0 Å². The molecule has 1 aliphatic carbocycles. The monoisotopic (exact) mass is 255 g/mol. The maximum Gasteiger partial charge on any atom is 0.145 e. The van der Waals surface area contributed by atoms with Crippen LogP contribution < -0.4 is 5.32 Å². The smallest absolute Gasteiger partial charge is 0.145 e. The molecule has 0 heterocycles. The normalized spacial score (nSPS) is 19.2. The van der Waals surface area contributed by atoms with Crippen LogP contribution in [0.5, 0.6) is 0 Å². The van der Waals surface area contributed by atoms with Crippen molar-refractivity contribution in [2.45, 2.75) is 37.5 Å². The quantitative estimate of drug-likeness (QED) is 0.864. The van der Waals surface area contributed by atoms with Gasteiger partial charge in [-0.15, -0.1) is 0 Å². The molecule has 1 nitrogen and oxygen atoms in total. The van der Waals surface area contributed by atoms with Crippen molar-refractivity contribution in [3.05, 3.63) is 34.6 Å². The Hall–Kier alpha value is -0.600. The predicted molar refractivity (Wildman–Crippen MR) is 70.1 cm³/mol. The molecule has 0 bridgehead atoms. The molecule has 1 aliphatic rings. The van der Waals surface area contributed by atoms with E-state index in [0.717, 1.165) is 24.9 Å². The number of rotatable bonds is 3. The fraction of sp³-hybridized carbons (Fsp3) is 0.571. The van der Waals surface area contributed by atoms with Crippen LogP contribution in [0, 0.1) is 5.82 Å². The van der Waals surface area contributed by atoms with Gasteiger partial charge in [-0.2, -0.15) is 0 Å². The first-order valence-corrected chi connectivity index (χ1v) is 6.66. The number of halogens is 2. The van der Waals surface area contributed by atoms with Crippen LogP contribution in [0.3, 0.4) is 0 Å². The Labute approximate surface area is 107 Å². The van der Waals surface area contributed by atoms with Crippen molar-refractivity contribution in [1.82, 2.24) is 5.32 Å². The number of hydrogen-bond donors (Lipinski definition) is 1. The van der Waals surface area contributed by atoms with Crippen LogP contribution in [0.15, 0.2) is 18.2 Å². The summed E-state index contributed by atoms with van der Waals surface area (Å²) in [4.78, 5) is 0. The van der Waals surface area contributed by atoms with Crippen LogP contribution in [0.4, 0.5) is 4.39 Å². The summed E-state index contributed by atoms with van der Waals surface area (Å²) in [5, 5.41) is 3.45. The number of nitrogens with one attached hydrogen (secondary N) is 1. The highest BCUT2D eigenvalue weighted by Crippen LogP contribution is 2.41. The molecule has 1 saturated carbocycles. The average molecular weight is 256 g/mol.